The topological polar surface area (TPSA) is 78.9 Å². The lowest BCUT2D eigenvalue weighted by Crippen LogP contribution is -2.11. The summed E-state index contributed by atoms with van der Waals surface area (Å²) in [6, 6.07) is 0. The predicted octanol–water partition coefficient (Wildman–Crippen LogP) is 0.816. The van der Waals surface area contributed by atoms with Crippen LogP contribution in [0.1, 0.15) is 0 Å². The van der Waals surface area contributed by atoms with Crippen LogP contribution in [-0.2, 0) is 11.3 Å². The molecule has 0 aliphatic heterocycles. The number of halogens is 1. The van der Waals surface area contributed by atoms with E-state index in [2.05, 4.69) is 37.5 Å². The van der Waals surface area contributed by atoms with Gasteiger partial charge in [-0.15, -0.1) is 0 Å². The number of imidazole rings is 1. The van der Waals surface area contributed by atoms with Crippen LogP contribution in [0.4, 0.5) is 5.82 Å². The van der Waals surface area contributed by atoms with Crippen molar-refractivity contribution in [2.45, 2.75) is 10.7 Å². The molecule has 80 valence electrons. The molecule has 7 heteroatoms. The summed E-state index contributed by atoms with van der Waals surface area (Å²) < 4.78 is 7.14. The average molecular weight is 319 g/mol. The molecule has 0 aliphatic carbocycles. The number of rotatable bonds is 3. The number of hydrogen-bond donors (Lipinski definition) is 1. The van der Waals surface area contributed by atoms with Gasteiger partial charge in [0.15, 0.2) is 11.5 Å². The minimum atomic E-state index is 0.0798. The Kier molecular flexibility index (Phi) is 3.00. The van der Waals surface area contributed by atoms with Crippen LogP contribution < -0.4 is 5.73 Å². The van der Waals surface area contributed by atoms with Crippen LogP contribution >= 0.6 is 22.6 Å². The first-order chi connectivity index (χ1) is 7.22. The van der Waals surface area contributed by atoms with Crippen molar-refractivity contribution in [1.82, 2.24) is 19.5 Å². The molecule has 0 amide bonds. The van der Waals surface area contributed by atoms with E-state index in [4.69, 9.17) is 10.5 Å². The molecule has 2 aromatic rings. The maximum absolute atomic E-state index is 5.67. The molecule has 1 atom stereocenters. The smallest absolute Gasteiger partial charge is 0.165 e. The highest BCUT2D eigenvalue weighted by atomic mass is 127. The molecule has 0 spiro atoms. The van der Waals surface area contributed by atoms with Crippen LogP contribution in [0.15, 0.2) is 12.7 Å². The second-order valence-electron chi connectivity index (χ2n) is 2.97. The summed E-state index contributed by atoms with van der Waals surface area (Å²) in [4.78, 5) is 12.2. The van der Waals surface area contributed by atoms with Crippen molar-refractivity contribution < 1.29 is 4.74 Å². The monoisotopic (exact) mass is 319 g/mol. The van der Waals surface area contributed by atoms with Gasteiger partial charge in [0.05, 0.1) is 12.9 Å². The molecule has 0 saturated carbocycles. The Hall–Kier alpha value is -0.960. The van der Waals surface area contributed by atoms with Gasteiger partial charge in [0.1, 0.15) is 16.0 Å². The maximum atomic E-state index is 5.67. The molecule has 15 heavy (non-hydrogen) atoms. The number of nitrogens with zero attached hydrogens (tertiary/aromatic N) is 4. The fourth-order valence-electron chi connectivity index (χ4n) is 1.26. The fourth-order valence-corrected chi connectivity index (χ4v) is 1.69. The van der Waals surface area contributed by atoms with Gasteiger partial charge in [-0.25, -0.2) is 15.0 Å². The zero-order valence-corrected chi connectivity index (χ0v) is 10.2. The van der Waals surface area contributed by atoms with Crippen LogP contribution in [0.5, 0.6) is 0 Å². The first-order valence-corrected chi connectivity index (χ1v) is 5.55. The van der Waals surface area contributed by atoms with Gasteiger partial charge < -0.3 is 15.0 Å². The van der Waals surface area contributed by atoms with E-state index in [1.807, 2.05) is 4.57 Å². The number of fused-ring (bicyclic) bond motifs is 1. The number of nitrogen functional groups attached to an aromatic ring is 1. The molecule has 2 aromatic heterocycles. The summed E-state index contributed by atoms with van der Waals surface area (Å²) in [5.41, 5.74) is 7.05. The third-order valence-electron chi connectivity index (χ3n) is 2.03. The second kappa shape index (κ2) is 4.27. The lowest BCUT2D eigenvalue weighted by atomic mass is 10.5. The van der Waals surface area contributed by atoms with Crippen molar-refractivity contribution in [1.29, 1.82) is 0 Å². The Balaban J connectivity index is 2.41. The Bertz CT molecular complexity index is 471. The van der Waals surface area contributed by atoms with Crippen molar-refractivity contribution in [3.63, 3.8) is 0 Å². The van der Waals surface area contributed by atoms with Gasteiger partial charge in [0.2, 0.25) is 0 Å². The van der Waals surface area contributed by atoms with Crippen molar-refractivity contribution in [2.24, 2.45) is 0 Å². The van der Waals surface area contributed by atoms with Crippen molar-refractivity contribution in [2.75, 3.05) is 12.8 Å². The highest BCUT2D eigenvalue weighted by molar-refractivity contribution is 14.1. The molecular formula is C8H10IN5O. The standard InChI is InChI=1S/C8H10IN5O/c1-15-5(9)2-14-4-13-6-7(10)11-3-12-8(6)14/h3-5H,2H2,1H3,(H2,10,11,12). The molecule has 0 saturated heterocycles. The lowest BCUT2D eigenvalue weighted by molar-refractivity contribution is 0.172. The normalized spacial score (nSPS) is 13.2. The Morgan fingerprint density at radius 1 is 1.53 bits per heavy atom. The molecule has 0 aliphatic rings. The molecule has 6 nitrogen and oxygen atoms in total. The highest BCUT2D eigenvalue weighted by Gasteiger charge is 2.10. The van der Waals surface area contributed by atoms with E-state index in [1.165, 1.54) is 6.33 Å². The molecule has 2 N–H and O–H groups in total. The summed E-state index contributed by atoms with van der Waals surface area (Å²) in [6.07, 6.45) is 3.13. The Morgan fingerprint density at radius 2 is 2.33 bits per heavy atom. The van der Waals surface area contributed by atoms with E-state index in [1.54, 1.807) is 13.4 Å². The quantitative estimate of drug-likeness (QED) is 0.669. The summed E-state index contributed by atoms with van der Waals surface area (Å²) in [5, 5.41) is 0. The zero-order valence-electron chi connectivity index (χ0n) is 8.09. The van der Waals surface area contributed by atoms with Crippen molar-refractivity contribution in [3.05, 3.63) is 12.7 Å². The summed E-state index contributed by atoms with van der Waals surface area (Å²) >= 11 is 2.20. The summed E-state index contributed by atoms with van der Waals surface area (Å²) in [6.45, 7) is 0.685. The van der Waals surface area contributed by atoms with Gasteiger partial charge in [-0.3, -0.25) is 0 Å². The molecule has 0 fully saturated rings. The van der Waals surface area contributed by atoms with Gasteiger partial charge in [0, 0.05) is 7.11 Å². The molecular weight excluding hydrogens is 309 g/mol. The molecule has 0 aromatic carbocycles. The van der Waals surface area contributed by atoms with Crippen LogP contribution in [0.2, 0.25) is 0 Å². The van der Waals surface area contributed by atoms with Crippen LogP contribution in [0, 0.1) is 0 Å². The Labute approximate surface area is 100 Å². The molecule has 1 unspecified atom stereocenters. The van der Waals surface area contributed by atoms with Crippen molar-refractivity contribution in [3.8, 4) is 0 Å². The fraction of sp³-hybridized carbons (Fsp3) is 0.375. The van der Waals surface area contributed by atoms with E-state index in [0.717, 1.165) is 5.65 Å². The summed E-state index contributed by atoms with van der Waals surface area (Å²) in [7, 11) is 1.67. The number of hydrogen-bond acceptors (Lipinski definition) is 5. The predicted molar refractivity (Wildman–Crippen MR) is 64.6 cm³/mol. The minimum absolute atomic E-state index is 0.0798. The van der Waals surface area contributed by atoms with E-state index in [-0.39, 0.29) is 4.11 Å². The molecule has 2 heterocycles. The molecule has 2 rings (SSSR count). The SMILES string of the molecule is COC(I)Cn1cnc2c(N)ncnc21. The third kappa shape index (κ3) is 2.02. The lowest BCUT2D eigenvalue weighted by Gasteiger charge is -2.08. The third-order valence-corrected chi connectivity index (χ3v) is 2.93. The van der Waals surface area contributed by atoms with Crippen LogP contribution in [0.3, 0.4) is 0 Å². The first-order valence-electron chi connectivity index (χ1n) is 4.30. The van der Waals surface area contributed by atoms with Gasteiger partial charge in [0.25, 0.3) is 0 Å². The van der Waals surface area contributed by atoms with E-state index in [0.29, 0.717) is 17.9 Å². The zero-order chi connectivity index (χ0) is 10.8. The van der Waals surface area contributed by atoms with Crippen molar-refractivity contribution >= 4 is 39.6 Å². The number of ether oxygens (including phenoxy) is 1. The average Bonchev–Trinajstić information content (AvgIpc) is 2.63. The molecule has 0 bridgehead atoms. The second-order valence-corrected chi connectivity index (χ2v) is 4.36. The van der Waals surface area contributed by atoms with Gasteiger partial charge in [-0.2, -0.15) is 0 Å². The van der Waals surface area contributed by atoms with E-state index in [9.17, 15) is 0 Å². The van der Waals surface area contributed by atoms with E-state index >= 15 is 0 Å². The number of methoxy groups -OCH3 is 1. The van der Waals surface area contributed by atoms with Crippen LogP contribution in [-0.4, -0.2) is 30.7 Å². The van der Waals surface area contributed by atoms with Gasteiger partial charge in [-0.05, 0) is 22.6 Å². The van der Waals surface area contributed by atoms with E-state index < -0.39 is 0 Å². The molecule has 0 radical (unpaired) electrons. The first kappa shape index (κ1) is 10.6. The number of alkyl halides is 1. The van der Waals surface area contributed by atoms with Gasteiger partial charge >= 0.3 is 0 Å². The minimum Gasteiger partial charge on any atom is -0.382 e. The number of anilines is 1. The summed E-state index contributed by atoms with van der Waals surface area (Å²) in [5.74, 6) is 0.404. The Morgan fingerprint density at radius 3 is 3.07 bits per heavy atom. The van der Waals surface area contributed by atoms with Crippen LogP contribution in [0.25, 0.3) is 11.2 Å². The maximum Gasteiger partial charge on any atom is 0.165 e. The van der Waals surface area contributed by atoms with Gasteiger partial charge in [-0.1, -0.05) is 0 Å². The number of nitrogens with two attached hydrogens (primary N) is 1. The highest BCUT2D eigenvalue weighted by Crippen LogP contribution is 2.16. The largest absolute Gasteiger partial charge is 0.382 e. The number of aromatic nitrogens is 4.